The van der Waals surface area contributed by atoms with Crippen molar-refractivity contribution < 1.29 is 21.6 Å². The Hall–Kier alpha value is -1.65. The summed E-state index contributed by atoms with van der Waals surface area (Å²) in [5.74, 6) is 0. The first kappa shape index (κ1) is 15.7. The molecule has 2 rings (SSSR count). The Morgan fingerprint density at radius 3 is 2.62 bits per heavy atom. The van der Waals surface area contributed by atoms with Gasteiger partial charge in [0, 0.05) is 6.54 Å². The third-order valence-corrected chi connectivity index (χ3v) is 4.37. The monoisotopic (exact) mass is 337 g/mol. The molecule has 3 N–H and O–H groups in total. The van der Waals surface area contributed by atoms with Crippen LogP contribution in [0.25, 0.3) is 0 Å². The number of aromatic nitrogens is 1. The summed E-state index contributed by atoms with van der Waals surface area (Å²) in [6.07, 6.45) is -3.68. The molecule has 0 aliphatic carbocycles. The van der Waals surface area contributed by atoms with E-state index < -0.39 is 21.1 Å². The van der Waals surface area contributed by atoms with Gasteiger partial charge >= 0.3 is 6.18 Å². The molecule has 0 radical (unpaired) electrons. The van der Waals surface area contributed by atoms with Crippen LogP contribution >= 0.6 is 11.3 Å². The summed E-state index contributed by atoms with van der Waals surface area (Å²) >= 11 is 0.479. The van der Waals surface area contributed by atoms with E-state index in [4.69, 9.17) is 5.14 Å². The van der Waals surface area contributed by atoms with E-state index in [2.05, 4.69) is 10.3 Å². The van der Waals surface area contributed by atoms with Crippen LogP contribution in [-0.4, -0.2) is 13.4 Å². The van der Waals surface area contributed by atoms with Gasteiger partial charge in [-0.05, 0) is 17.7 Å². The molecule has 0 spiro atoms. The highest BCUT2D eigenvalue weighted by atomic mass is 32.2. The summed E-state index contributed by atoms with van der Waals surface area (Å²) in [5.41, 5.74) is 0.560. The van der Waals surface area contributed by atoms with Crippen LogP contribution in [0.1, 0.15) is 10.4 Å². The molecule has 5 nitrogen and oxygen atoms in total. The van der Waals surface area contributed by atoms with Crippen LogP contribution in [0, 0.1) is 0 Å². The minimum atomic E-state index is -4.43. The largest absolute Gasteiger partial charge is 0.427 e. The molecule has 0 saturated heterocycles. The van der Waals surface area contributed by atoms with Crippen LogP contribution in [-0.2, 0) is 22.7 Å². The predicted molar refractivity (Wildman–Crippen MR) is 72.3 cm³/mol. The second kappa shape index (κ2) is 5.62. The lowest BCUT2D eigenvalue weighted by molar-refractivity contribution is -0.134. The van der Waals surface area contributed by atoms with E-state index in [1.807, 2.05) is 0 Å². The van der Waals surface area contributed by atoms with Gasteiger partial charge in [-0.3, -0.25) is 0 Å². The van der Waals surface area contributed by atoms with Crippen molar-refractivity contribution in [3.63, 3.8) is 0 Å². The van der Waals surface area contributed by atoms with Crippen molar-refractivity contribution in [3.05, 3.63) is 40.9 Å². The molecule has 1 heterocycles. The van der Waals surface area contributed by atoms with Gasteiger partial charge in [-0.15, -0.1) is 0 Å². The Balaban J connectivity index is 2.09. The van der Waals surface area contributed by atoms with E-state index in [0.29, 0.717) is 16.9 Å². The van der Waals surface area contributed by atoms with E-state index in [-0.39, 0.29) is 16.6 Å². The number of anilines is 1. The fourth-order valence-corrected chi connectivity index (χ4v) is 2.76. The maximum atomic E-state index is 12.4. The molecular weight excluding hydrogens is 327 g/mol. The lowest BCUT2D eigenvalue weighted by Gasteiger charge is -2.05. The van der Waals surface area contributed by atoms with Crippen molar-refractivity contribution in [2.75, 3.05) is 5.32 Å². The Morgan fingerprint density at radius 1 is 1.33 bits per heavy atom. The number of hydrogen-bond donors (Lipinski definition) is 2. The van der Waals surface area contributed by atoms with Crippen molar-refractivity contribution in [1.29, 1.82) is 0 Å². The molecule has 114 valence electrons. The summed E-state index contributed by atoms with van der Waals surface area (Å²) in [6, 6.07) is 5.81. The van der Waals surface area contributed by atoms with E-state index in [1.54, 1.807) is 6.07 Å². The number of hydrogen-bond acceptors (Lipinski definition) is 5. The molecule has 0 amide bonds. The summed E-state index contributed by atoms with van der Waals surface area (Å²) in [7, 11) is -3.81. The first-order valence-corrected chi connectivity index (χ1v) is 7.91. The third kappa shape index (κ3) is 4.16. The normalized spacial score (nSPS) is 12.4. The number of rotatable bonds is 4. The van der Waals surface area contributed by atoms with Crippen molar-refractivity contribution in [3.8, 4) is 0 Å². The van der Waals surface area contributed by atoms with Crippen LogP contribution in [0.4, 0.5) is 18.3 Å². The third-order valence-electron chi connectivity index (χ3n) is 2.46. The maximum absolute atomic E-state index is 12.4. The first-order chi connectivity index (χ1) is 9.66. The molecule has 0 fully saturated rings. The minimum absolute atomic E-state index is 0.0584. The molecule has 1 aromatic heterocycles. The molecule has 0 aliphatic rings. The zero-order valence-electron chi connectivity index (χ0n) is 10.4. The molecule has 2 aromatic rings. The molecule has 0 aliphatic heterocycles. The van der Waals surface area contributed by atoms with Gasteiger partial charge in [-0.25, -0.2) is 18.5 Å². The van der Waals surface area contributed by atoms with Crippen LogP contribution < -0.4 is 10.5 Å². The SMILES string of the molecule is NS(=O)(=O)c1cccc(CNc2ncc(C(F)(F)F)s2)c1. The molecule has 10 heteroatoms. The number of primary sulfonamides is 1. The van der Waals surface area contributed by atoms with Crippen molar-refractivity contribution in [2.45, 2.75) is 17.6 Å². The van der Waals surface area contributed by atoms with Gasteiger partial charge in [0.1, 0.15) is 4.88 Å². The highest BCUT2D eigenvalue weighted by Gasteiger charge is 2.33. The zero-order valence-corrected chi connectivity index (χ0v) is 12.0. The summed E-state index contributed by atoms with van der Waals surface area (Å²) < 4.78 is 59.6. The van der Waals surface area contributed by atoms with E-state index in [1.165, 1.54) is 18.2 Å². The second-order valence-electron chi connectivity index (χ2n) is 4.07. The number of thiazole rings is 1. The number of nitrogens with one attached hydrogen (secondary N) is 1. The van der Waals surface area contributed by atoms with Gasteiger partial charge < -0.3 is 5.32 Å². The second-order valence-corrected chi connectivity index (χ2v) is 6.67. The van der Waals surface area contributed by atoms with Gasteiger partial charge in [0.2, 0.25) is 10.0 Å². The van der Waals surface area contributed by atoms with Gasteiger partial charge in [-0.2, -0.15) is 13.2 Å². The van der Waals surface area contributed by atoms with Crippen molar-refractivity contribution in [1.82, 2.24) is 4.98 Å². The van der Waals surface area contributed by atoms with Gasteiger partial charge in [0.25, 0.3) is 0 Å². The van der Waals surface area contributed by atoms with Crippen LogP contribution in [0.2, 0.25) is 0 Å². The number of nitrogens with zero attached hydrogens (tertiary/aromatic N) is 1. The standard InChI is InChI=1S/C11H10F3N3O2S2/c12-11(13,14)9-6-17-10(20-9)16-5-7-2-1-3-8(4-7)21(15,18)19/h1-4,6H,5H2,(H,16,17)(H2,15,18,19). The molecule has 0 unspecified atom stereocenters. The topological polar surface area (TPSA) is 85.1 Å². The fourth-order valence-electron chi connectivity index (χ4n) is 1.50. The average molecular weight is 337 g/mol. The summed E-state index contributed by atoms with van der Waals surface area (Å²) in [6.45, 7) is 0.133. The zero-order chi connectivity index (χ0) is 15.7. The molecule has 0 bridgehead atoms. The number of nitrogens with two attached hydrogens (primary N) is 1. The highest BCUT2D eigenvalue weighted by Crippen LogP contribution is 2.35. The average Bonchev–Trinajstić information content (AvgIpc) is 2.84. The molecular formula is C11H10F3N3O2S2. The van der Waals surface area contributed by atoms with Crippen molar-refractivity contribution in [2.24, 2.45) is 5.14 Å². The predicted octanol–water partition coefficient (Wildman–Crippen LogP) is 2.42. The van der Waals surface area contributed by atoms with Crippen LogP contribution in [0.3, 0.4) is 0 Å². The number of halogens is 3. The van der Waals surface area contributed by atoms with E-state index in [9.17, 15) is 21.6 Å². The summed E-state index contributed by atoms with van der Waals surface area (Å²) in [4.78, 5) is 2.75. The Kier molecular flexibility index (Phi) is 4.21. The molecule has 0 atom stereocenters. The van der Waals surface area contributed by atoms with E-state index in [0.717, 1.165) is 6.20 Å². The van der Waals surface area contributed by atoms with Gasteiger partial charge in [-0.1, -0.05) is 23.5 Å². The minimum Gasteiger partial charge on any atom is -0.357 e. The molecule has 0 saturated carbocycles. The Labute approximate surface area is 122 Å². The Bertz CT molecular complexity index is 741. The smallest absolute Gasteiger partial charge is 0.357 e. The fraction of sp³-hybridized carbons (Fsp3) is 0.182. The van der Waals surface area contributed by atoms with Crippen LogP contribution in [0.5, 0.6) is 0 Å². The molecule has 21 heavy (non-hydrogen) atoms. The van der Waals surface area contributed by atoms with E-state index >= 15 is 0 Å². The van der Waals surface area contributed by atoms with Crippen molar-refractivity contribution >= 4 is 26.5 Å². The number of benzene rings is 1. The van der Waals surface area contributed by atoms with Gasteiger partial charge in [0.15, 0.2) is 5.13 Å². The van der Waals surface area contributed by atoms with Crippen LogP contribution in [0.15, 0.2) is 35.4 Å². The lowest BCUT2D eigenvalue weighted by atomic mass is 10.2. The maximum Gasteiger partial charge on any atom is 0.427 e. The highest BCUT2D eigenvalue weighted by molar-refractivity contribution is 7.89. The quantitative estimate of drug-likeness (QED) is 0.897. The summed E-state index contributed by atoms with van der Waals surface area (Å²) in [5, 5.41) is 7.80. The molecule has 1 aromatic carbocycles. The number of sulfonamides is 1. The first-order valence-electron chi connectivity index (χ1n) is 5.55. The number of alkyl halides is 3. The lowest BCUT2D eigenvalue weighted by Crippen LogP contribution is -2.12. The Morgan fingerprint density at radius 2 is 2.05 bits per heavy atom. The van der Waals surface area contributed by atoms with Gasteiger partial charge in [0.05, 0.1) is 11.1 Å².